The van der Waals surface area contributed by atoms with Crippen molar-refractivity contribution in [2.24, 2.45) is 0 Å². The van der Waals surface area contributed by atoms with E-state index in [1.165, 1.54) is 12.8 Å². The van der Waals surface area contributed by atoms with Gasteiger partial charge in [-0.1, -0.05) is 6.42 Å². The van der Waals surface area contributed by atoms with E-state index >= 15 is 0 Å². The zero-order chi connectivity index (χ0) is 9.68. The van der Waals surface area contributed by atoms with Crippen LogP contribution in [0.15, 0.2) is 0 Å². The largest absolute Gasteiger partial charge is 0.389 e. The first-order valence-electron chi connectivity index (χ1n) is 5.23. The predicted molar refractivity (Wildman–Crippen MR) is 52.7 cm³/mol. The van der Waals surface area contributed by atoms with Crippen molar-refractivity contribution in [3.63, 3.8) is 0 Å². The second-order valence-electron chi connectivity index (χ2n) is 4.01. The van der Waals surface area contributed by atoms with E-state index in [9.17, 15) is 5.11 Å². The van der Waals surface area contributed by atoms with Gasteiger partial charge in [0.1, 0.15) is 0 Å². The molecule has 1 aliphatic rings. The minimum Gasteiger partial charge on any atom is -0.389 e. The summed E-state index contributed by atoms with van der Waals surface area (Å²) in [6.07, 6.45) is 3.38. The zero-order valence-corrected chi connectivity index (χ0v) is 8.62. The predicted octanol–water partition coefficient (Wildman–Crippen LogP) is 0.914. The van der Waals surface area contributed by atoms with Crippen LogP contribution in [0.5, 0.6) is 0 Å². The normalized spacial score (nSPS) is 26.3. The fourth-order valence-electron chi connectivity index (χ4n) is 1.61. The third-order valence-corrected chi connectivity index (χ3v) is 2.41. The van der Waals surface area contributed by atoms with Crippen LogP contribution in [0.3, 0.4) is 0 Å². The number of hydrogen-bond acceptors (Lipinski definition) is 3. The van der Waals surface area contributed by atoms with Crippen LogP contribution >= 0.6 is 0 Å². The smallest absolute Gasteiger partial charge is 0.0926 e. The zero-order valence-electron chi connectivity index (χ0n) is 8.62. The molecule has 1 saturated heterocycles. The molecule has 1 rings (SSSR count). The molecule has 0 spiro atoms. The minimum atomic E-state index is -0.345. The Morgan fingerprint density at radius 2 is 2.23 bits per heavy atom. The molecule has 2 unspecified atom stereocenters. The molecule has 3 nitrogen and oxygen atoms in total. The van der Waals surface area contributed by atoms with Gasteiger partial charge in [-0.25, -0.2) is 0 Å². The molecule has 0 aliphatic carbocycles. The van der Waals surface area contributed by atoms with Crippen LogP contribution in [-0.4, -0.2) is 36.5 Å². The van der Waals surface area contributed by atoms with Gasteiger partial charge >= 0.3 is 0 Å². The van der Waals surface area contributed by atoms with Crippen molar-refractivity contribution in [1.82, 2.24) is 5.32 Å². The van der Waals surface area contributed by atoms with Gasteiger partial charge in [0.25, 0.3) is 0 Å². The van der Waals surface area contributed by atoms with E-state index in [1.54, 1.807) is 0 Å². The average molecular weight is 187 g/mol. The Balaban J connectivity index is 2.17. The molecule has 2 atom stereocenters. The fraction of sp³-hybridized carbons (Fsp3) is 1.00. The van der Waals surface area contributed by atoms with Crippen molar-refractivity contribution in [2.45, 2.75) is 51.4 Å². The van der Waals surface area contributed by atoms with Gasteiger partial charge in [-0.05, 0) is 33.2 Å². The maximum Gasteiger partial charge on any atom is 0.0926 e. The lowest BCUT2D eigenvalue weighted by Gasteiger charge is -2.28. The third kappa shape index (κ3) is 4.07. The van der Waals surface area contributed by atoms with Crippen molar-refractivity contribution < 1.29 is 9.84 Å². The summed E-state index contributed by atoms with van der Waals surface area (Å²) >= 11 is 0. The number of rotatable bonds is 4. The summed E-state index contributed by atoms with van der Waals surface area (Å²) in [6.45, 7) is 5.46. The summed E-state index contributed by atoms with van der Waals surface area (Å²) in [6, 6.07) is 0.243. The number of nitrogens with one attached hydrogen (secondary N) is 1. The Morgan fingerprint density at radius 1 is 1.46 bits per heavy atom. The highest BCUT2D eigenvalue weighted by Gasteiger charge is 2.21. The fourth-order valence-corrected chi connectivity index (χ4v) is 1.61. The summed E-state index contributed by atoms with van der Waals surface area (Å²) in [5, 5.41) is 13.0. The molecule has 0 aromatic carbocycles. The monoisotopic (exact) mass is 187 g/mol. The molecular weight excluding hydrogens is 166 g/mol. The van der Waals surface area contributed by atoms with E-state index < -0.39 is 0 Å². The molecule has 1 heterocycles. The lowest BCUT2D eigenvalue weighted by Crippen LogP contribution is -2.45. The molecule has 3 heteroatoms. The first-order chi connectivity index (χ1) is 6.20. The quantitative estimate of drug-likeness (QED) is 0.687. The standard InChI is InChI=1S/C10H21NO2/c1-8(2)13-7-10(12)9-5-3-4-6-11-9/h8-12H,3-7H2,1-2H3. The average Bonchev–Trinajstić information content (AvgIpc) is 2.15. The highest BCUT2D eigenvalue weighted by Crippen LogP contribution is 2.11. The van der Waals surface area contributed by atoms with Gasteiger partial charge in [0.2, 0.25) is 0 Å². The molecule has 0 bridgehead atoms. The van der Waals surface area contributed by atoms with E-state index in [2.05, 4.69) is 5.32 Å². The summed E-state index contributed by atoms with van der Waals surface area (Å²) < 4.78 is 5.37. The van der Waals surface area contributed by atoms with Gasteiger partial charge < -0.3 is 15.2 Å². The first-order valence-corrected chi connectivity index (χ1v) is 5.23. The van der Waals surface area contributed by atoms with Crippen LogP contribution < -0.4 is 5.32 Å². The molecule has 0 aromatic heterocycles. The highest BCUT2D eigenvalue weighted by atomic mass is 16.5. The van der Waals surface area contributed by atoms with Crippen LogP contribution in [0.25, 0.3) is 0 Å². The number of ether oxygens (including phenoxy) is 1. The van der Waals surface area contributed by atoms with Gasteiger partial charge in [0.15, 0.2) is 0 Å². The molecule has 0 aromatic rings. The Labute approximate surface area is 80.5 Å². The minimum absolute atomic E-state index is 0.207. The van der Waals surface area contributed by atoms with Crippen LogP contribution in [0, 0.1) is 0 Å². The van der Waals surface area contributed by atoms with Crippen LogP contribution in [-0.2, 0) is 4.74 Å². The van der Waals surface area contributed by atoms with Crippen molar-refractivity contribution in [3.8, 4) is 0 Å². The molecule has 13 heavy (non-hydrogen) atoms. The van der Waals surface area contributed by atoms with Gasteiger partial charge in [-0.15, -0.1) is 0 Å². The van der Waals surface area contributed by atoms with Crippen LogP contribution in [0.2, 0.25) is 0 Å². The van der Waals surface area contributed by atoms with E-state index in [0.29, 0.717) is 6.61 Å². The van der Waals surface area contributed by atoms with Crippen LogP contribution in [0.1, 0.15) is 33.1 Å². The van der Waals surface area contributed by atoms with Gasteiger partial charge in [-0.3, -0.25) is 0 Å². The number of aliphatic hydroxyl groups is 1. The van der Waals surface area contributed by atoms with E-state index in [-0.39, 0.29) is 18.2 Å². The Bertz CT molecular complexity index is 133. The van der Waals surface area contributed by atoms with E-state index in [1.807, 2.05) is 13.8 Å². The number of piperidine rings is 1. The second kappa shape index (κ2) is 5.58. The maximum absolute atomic E-state index is 9.74. The van der Waals surface area contributed by atoms with Crippen molar-refractivity contribution in [1.29, 1.82) is 0 Å². The number of hydrogen-bond donors (Lipinski definition) is 2. The Morgan fingerprint density at radius 3 is 2.77 bits per heavy atom. The molecule has 0 amide bonds. The van der Waals surface area contributed by atoms with Gasteiger partial charge in [0.05, 0.1) is 18.8 Å². The summed E-state index contributed by atoms with van der Waals surface area (Å²) in [4.78, 5) is 0. The summed E-state index contributed by atoms with van der Waals surface area (Å²) in [7, 11) is 0. The second-order valence-corrected chi connectivity index (χ2v) is 4.01. The van der Waals surface area contributed by atoms with Crippen molar-refractivity contribution in [3.05, 3.63) is 0 Å². The van der Waals surface area contributed by atoms with Crippen LogP contribution in [0.4, 0.5) is 0 Å². The van der Waals surface area contributed by atoms with E-state index in [0.717, 1.165) is 13.0 Å². The van der Waals surface area contributed by atoms with Gasteiger partial charge in [0, 0.05) is 6.04 Å². The molecule has 0 radical (unpaired) electrons. The Kier molecular flexibility index (Phi) is 4.70. The van der Waals surface area contributed by atoms with E-state index in [4.69, 9.17) is 4.74 Å². The molecule has 2 N–H and O–H groups in total. The van der Waals surface area contributed by atoms with Crippen molar-refractivity contribution >= 4 is 0 Å². The molecule has 1 aliphatic heterocycles. The number of aliphatic hydroxyl groups excluding tert-OH is 1. The molecule has 1 fully saturated rings. The SMILES string of the molecule is CC(C)OCC(O)C1CCCCN1. The topological polar surface area (TPSA) is 41.5 Å². The first kappa shape index (κ1) is 11.0. The lowest BCUT2D eigenvalue weighted by molar-refractivity contribution is -0.0136. The molecular formula is C10H21NO2. The lowest BCUT2D eigenvalue weighted by atomic mass is 10.0. The molecule has 78 valence electrons. The van der Waals surface area contributed by atoms with Gasteiger partial charge in [-0.2, -0.15) is 0 Å². The summed E-state index contributed by atoms with van der Waals surface area (Å²) in [5.74, 6) is 0. The Hall–Kier alpha value is -0.120. The highest BCUT2D eigenvalue weighted by molar-refractivity contribution is 4.79. The maximum atomic E-state index is 9.74. The molecule has 0 saturated carbocycles. The summed E-state index contributed by atoms with van der Waals surface area (Å²) in [5.41, 5.74) is 0. The van der Waals surface area contributed by atoms with Crippen molar-refractivity contribution in [2.75, 3.05) is 13.2 Å². The third-order valence-electron chi connectivity index (χ3n) is 2.41.